The van der Waals surface area contributed by atoms with E-state index in [9.17, 15) is 9.18 Å². The molecule has 1 aliphatic carbocycles. The van der Waals surface area contributed by atoms with Gasteiger partial charge >= 0.3 is 0 Å². The second-order valence-corrected chi connectivity index (χ2v) is 10.3. The fraction of sp³-hybridized carbons (Fsp3) is 0.387. The number of carbonyl (C=O) groups is 1. The Bertz CT molecular complexity index is 1340. The number of hydrogen-bond donors (Lipinski definition) is 2. The number of morpholine rings is 1. The summed E-state index contributed by atoms with van der Waals surface area (Å²) in [4.78, 5) is 19.4. The van der Waals surface area contributed by atoms with Gasteiger partial charge in [-0.15, -0.1) is 0 Å². The Morgan fingerprint density at radius 3 is 2.73 bits per heavy atom. The van der Waals surface area contributed by atoms with Gasteiger partial charge in [-0.3, -0.25) is 9.69 Å². The summed E-state index contributed by atoms with van der Waals surface area (Å²) in [7, 11) is 0. The van der Waals surface area contributed by atoms with Crippen LogP contribution in [0.25, 0.3) is 22.8 Å². The Morgan fingerprint density at radius 2 is 1.86 bits per heavy atom. The monoisotopic (exact) mass is 499 g/mol. The van der Waals surface area contributed by atoms with E-state index in [4.69, 9.17) is 4.74 Å². The van der Waals surface area contributed by atoms with E-state index in [0.29, 0.717) is 5.57 Å². The highest BCUT2D eigenvalue weighted by atomic mass is 19.1. The maximum Gasteiger partial charge on any atom is 0.256 e. The number of hydrogen-bond acceptors (Lipinski definition) is 3. The number of aromatic nitrogens is 1. The summed E-state index contributed by atoms with van der Waals surface area (Å²) in [6.45, 7) is 4.70. The molecule has 0 spiro atoms. The van der Waals surface area contributed by atoms with Crippen LogP contribution in [0.1, 0.15) is 53.8 Å². The minimum atomic E-state index is -0.284. The van der Waals surface area contributed by atoms with Crippen molar-refractivity contribution in [2.75, 3.05) is 38.2 Å². The predicted octanol–water partition coefficient (Wildman–Crippen LogP) is 5.85. The fourth-order valence-corrected chi connectivity index (χ4v) is 6.10. The molecule has 5 nitrogen and oxygen atoms in total. The Kier molecular flexibility index (Phi) is 6.94. The van der Waals surface area contributed by atoms with Gasteiger partial charge < -0.3 is 15.0 Å². The third-order valence-electron chi connectivity index (χ3n) is 7.95. The molecule has 0 saturated carbocycles. The van der Waals surface area contributed by atoms with Gasteiger partial charge in [-0.05, 0) is 91.6 Å². The van der Waals surface area contributed by atoms with E-state index in [-0.39, 0.29) is 11.7 Å². The zero-order valence-corrected chi connectivity index (χ0v) is 21.2. The molecule has 3 aromatic rings. The summed E-state index contributed by atoms with van der Waals surface area (Å²) in [6.07, 6.45) is 9.95. The molecule has 0 atom stereocenters. The molecular weight excluding hydrogens is 465 g/mol. The molecule has 1 fully saturated rings. The van der Waals surface area contributed by atoms with Gasteiger partial charge in [0.05, 0.1) is 18.8 Å². The van der Waals surface area contributed by atoms with Gasteiger partial charge in [-0.1, -0.05) is 30.7 Å². The molecule has 1 amide bonds. The lowest BCUT2D eigenvalue weighted by atomic mass is 9.93. The van der Waals surface area contributed by atoms with E-state index in [1.165, 1.54) is 48.2 Å². The van der Waals surface area contributed by atoms with Crippen molar-refractivity contribution in [1.82, 2.24) is 9.88 Å². The highest BCUT2D eigenvalue weighted by molar-refractivity contribution is 6.36. The summed E-state index contributed by atoms with van der Waals surface area (Å²) in [6, 6.07) is 12.4. The van der Waals surface area contributed by atoms with Gasteiger partial charge in [0.15, 0.2) is 0 Å². The first-order valence-electron chi connectivity index (χ1n) is 13.6. The quantitative estimate of drug-likeness (QED) is 0.331. The van der Waals surface area contributed by atoms with E-state index in [1.807, 2.05) is 30.3 Å². The Morgan fingerprint density at radius 1 is 1.03 bits per heavy atom. The molecule has 0 unspecified atom stereocenters. The van der Waals surface area contributed by atoms with Gasteiger partial charge in [0.25, 0.3) is 5.91 Å². The van der Waals surface area contributed by atoms with Crippen LogP contribution in [0.3, 0.4) is 0 Å². The standard InChI is InChI=1S/C31H34FN3O2/c32-22-8-4-7-21(19-22)23-10-5-13-28-30(23)26(31(36)34-28)20-29-25(11-6-14-35-15-17-37-18-16-35)24-9-2-1-3-12-27(24)33-29/h4-5,7-8,10,13,19-20,33H,1-3,6,9,11-12,14-18H2,(H,34,36)/b26-20-. The first-order chi connectivity index (χ1) is 18.2. The van der Waals surface area contributed by atoms with Crippen LogP contribution in [0, 0.1) is 5.82 Å². The largest absolute Gasteiger partial charge is 0.379 e. The molecule has 1 saturated heterocycles. The van der Waals surface area contributed by atoms with Crippen LogP contribution in [0.4, 0.5) is 10.1 Å². The van der Waals surface area contributed by atoms with Crippen LogP contribution in [0.2, 0.25) is 0 Å². The van der Waals surface area contributed by atoms with E-state index in [1.54, 1.807) is 6.07 Å². The molecule has 3 heterocycles. The second kappa shape index (κ2) is 10.6. The summed E-state index contributed by atoms with van der Waals surface area (Å²) in [5.41, 5.74) is 9.12. The fourth-order valence-electron chi connectivity index (χ4n) is 6.10. The predicted molar refractivity (Wildman–Crippen MR) is 146 cm³/mol. The maximum absolute atomic E-state index is 14.1. The molecule has 6 heteroatoms. The lowest BCUT2D eigenvalue weighted by Gasteiger charge is -2.26. The van der Waals surface area contributed by atoms with Gasteiger partial charge in [-0.25, -0.2) is 4.39 Å². The van der Waals surface area contributed by atoms with Crippen molar-refractivity contribution >= 4 is 23.2 Å². The normalized spacial score (nSPS) is 18.9. The Labute approximate surface area is 217 Å². The molecule has 192 valence electrons. The Balaban J connectivity index is 1.37. The molecule has 2 aliphatic heterocycles. The molecule has 37 heavy (non-hydrogen) atoms. The minimum absolute atomic E-state index is 0.108. The highest BCUT2D eigenvalue weighted by Crippen LogP contribution is 2.41. The molecule has 1 aromatic heterocycles. The van der Waals surface area contributed by atoms with Gasteiger partial charge in [0.2, 0.25) is 0 Å². The highest BCUT2D eigenvalue weighted by Gasteiger charge is 2.29. The third kappa shape index (κ3) is 5.00. The molecule has 2 N–H and O–H groups in total. The average molecular weight is 500 g/mol. The number of anilines is 1. The zero-order chi connectivity index (χ0) is 25.2. The van der Waals surface area contributed by atoms with Gasteiger partial charge in [-0.2, -0.15) is 0 Å². The van der Waals surface area contributed by atoms with Crippen molar-refractivity contribution in [3.63, 3.8) is 0 Å². The van der Waals surface area contributed by atoms with E-state index >= 15 is 0 Å². The maximum atomic E-state index is 14.1. The first-order valence-corrected chi connectivity index (χ1v) is 13.6. The van der Waals surface area contributed by atoms with Crippen molar-refractivity contribution in [1.29, 1.82) is 0 Å². The van der Waals surface area contributed by atoms with E-state index < -0.39 is 0 Å². The van der Waals surface area contributed by atoms with Crippen molar-refractivity contribution in [2.24, 2.45) is 0 Å². The number of nitrogens with one attached hydrogen (secondary N) is 2. The number of aromatic amines is 1. The van der Waals surface area contributed by atoms with Crippen LogP contribution in [-0.2, 0) is 28.8 Å². The molecule has 0 bridgehead atoms. The van der Waals surface area contributed by atoms with Crippen LogP contribution in [0.15, 0.2) is 42.5 Å². The Hall–Kier alpha value is -3.22. The lowest BCUT2D eigenvalue weighted by molar-refractivity contribution is -0.110. The zero-order valence-electron chi connectivity index (χ0n) is 21.2. The van der Waals surface area contributed by atoms with Crippen molar-refractivity contribution < 1.29 is 13.9 Å². The van der Waals surface area contributed by atoms with Crippen LogP contribution < -0.4 is 5.32 Å². The molecule has 2 aromatic carbocycles. The SMILES string of the molecule is O=C1Nc2cccc(-c3cccc(F)c3)c2/C1=C/c1[nH]c2c(c1CCCN1CCOCC1)CCCCC2. The molecule has 0 radical (unpaired) electrons. The number of H-pyrrole nitrogens is 1. The molecular formula is C31H34FN3O2. The smallest absolute Gasteiger partial charge is 0.256 e. The van der Waals surface area contributed by atoms with Crippen LogP contribution in [0.5, 0.6) is 0 Å². The third-order valence-corrected chi connectivity index (χ3v) is 7.95. The number of amides is 1. The summed E-state index contributed by atoms with van der Waals surface area (Å²) >= 11 is 0. The number of fused-ring (bicyclic) bond motifs is 2. The topological polar surface area (TPSA) is 57.4 Å². The average Bonchev–Trinajstić information content (AvgIpc) is 3.29. The number of ether oxygens (including phenoxy) is 1. The number of halogens is 1. The van der Waals surface area contributed by atoms with Crippen molar-refractivity contribution in [3.05, 3.63) is 76.4 Å². The van der Waals surface area contributed by atoms with Crippen LogP contribution >= 0.6 is 0 Å². The number of nitrogens with zero attached hydrogens (tertiary/aromatic N) is 1. The van der Waals surface area contributed by atoms with E-state index in [2.05, 4.69) is 15.2 Å². The number of rotatable bonds is 6. The van der Waals surface area contributed by atoms with Crippen molar-refractivity contribution in [3.8, 4) is 11.1 Å². The number of carbonyl (C=O) groups excluding carboxylic acids is 1. The molecule has 6 rings (SSSR count). The first kappa shape index (κ1) is 24.1. The van der Waals surface area contributed by atoms with Crippen LogP contribution in [-0.4, -0.2) is 48.6 Å². The second-order valence-electron chi connectivity index (χ2n) is 10.3. The minimum Gasteiger partial charge on any atom is -0.379 e. The number of benzene rings is 2. The molecule has 3 aliphatic rings. The van der Waals surface area contributed by atoms with Gasteiger partial charge in [0, 0.05) is 35.7 Å². The summed E-state index contributed by atoms with van der Waals surface area (Å²) in [5, 5.41) is 3.04. The van der Waals surface area contributed by atoms with E-state index in [0.717, 1.165) is 86.6 Å². The summed E-state index contributed by atoms with van der Waals surface area (Å²) in [5.74, 6) is -0.392. The lowest BCUT2D eigenvalue weighted by Crippen LogP contribution is -2.37. The number of aryl methyl sites for hydroxylation is 1. The van der Waals surface area contributed by atoms with Crippen molar-refractivity contribution in [2.45, 2.75) is 44.9 Å². The summed E-state index contributed by atoms with van der Waals surface area (Å²) < 4.78 is 19.6. The van der Waals surface area contributed by atoms with Gasteiger partial charge in [0.1, 0.15) is 5.82 Å².